The molecule has 2 rings (SSSR count). The van der Waals surface area contributed by atoms with E-state index < -0.39 is 11.7 Å². The summed E-state index contributed by atoms with van der Waals surface area (Å²) in [5, 5.41) is 6.73. The number of halogens is 3. The molecule has 0 saturated heterocycles. The molecule has 0 radical (unpaired) electrons. The molecule has 0 fully saturated rings. The summed E-state index contributed by atoms with van der Waals surface area (Å²) in [6, 6.07) is 3.59. The molecule has 102 valence electrons. The molecule has 0 unspecified atom stereocenters. The van der Waals surface area contributed by atoms with E-state index in [1.165, 1.54) is 4.68 Å². The number of nitrogens with one attached hydrogen (secondary N) is 1. The summed E-state index contributed by atoms with van der Waals surface area (Å²) >= 11 is 0. The van der Waals surface area contributed by atoms with Gasteiger partial charge < -0.3 is 5.32 Å². The summed E-state index contributed by atoms with van der Waals surface area (Å²) in [4.78, 5) is 4.15. The number of alkyl halides is 3. The lowest BCUT2D eigenvalue weighted by Gasteiger charge is -2.05. The van der Waals surface area contributed by atoms with Crippen molar-refractivity contribution in [3.63, 3.8) is 0 Å². The quantitative estimate of drug-likeness (QED) is 0.929. The zero-order valence-corrected chi connectivity index (χ0v) is 10.3. The van der Waals surface area contributed by atoms with Crippen LogP contribution < -0.4 is 5.32 Å². The van der Waals surface area contributed by atoms with E-state index in [4.69, 9.17) is 0 Å². The predicted octanol–water partition coefficient (Wildman–Crippen LogP) is 2.78. The van der Waals surface area contributed by atoms with Gasteiger partial charge in [0.05, 0.1) is 18.3 Å². The van der Waals surface area contributed by atoms with Gasteiger partial charge in [0.2, 0.25) is 0 Å². The van der Waals surface area contributed by atoms with Gasteiger partial charge in [-0.3, -0.25) is 4.68 Å². The maximum Gasteiger partial charge on any atom is 0.419 e. The molecule has 0 aliphatic heterocycles. The van der Waals surface area contributed by atoms with Crippen molar-refractivity contribution < 1.29 is 13.2 Å². The van der Waals surface area contributed by atoms with E-state index in [0.29, 0.717) is 0 Å². The molecule has 1 N–H and O–H groups in total. The van der Waals surface area contributed by atoms with Gasteiger partial charge in [0.1, 0.15) is 5.82 Å². The van der Waals surface area contributed by atoms with Gasteiger partial charge in [0.15, 0.2) is 0 Å². The Balaban J connectivity index is 2.06. The van der Waals surface area contributed by atoms with Gasteiger partial charge in [0, 0.05) is 18.9 Å². The van der Waals surface area contributed by atoms with Gasteiger partial charge in [-0.25, -0.2) is 4.98 Å². The molecule has 0 spiro atoms. The van der Waals surface area contributed by atoms with E-state index in [1.807, 2.05) is 6.92 Å². The summed E-state index contributed by atoms with van der Waals surface area (Å²) in [7, 11) is 0. The van der Waals surface area contributed by atoms with Gasteiger partial charge in [-0.1, -0.05) is 6.07 Å². The second-order valence-electron chi connectivity index (χ2n) is 4.01. The third-order valence-electron chi connectivity index (χ3n) is 2.49. The highest BCUT2D eigenvalue weighted by molar-refractivity contribution is 5.35. The van der Waals surface area contributed by atoms with Gasteiger partial charge in [-0.05, 0) is 18.6 Å². The first-order valence-corrected chi connectivity index (χ1v) is 5.77. The molecule has 0 amide bonds. The standard InChI is InChI=1S/C12H13F3N4/c1-2-16-11-4-3-9(5-17-11)7-19-8-10(6-18-19)12(13,14)15/h3-6,8H,2,7H2,1H3,(H,16,17). The van der Waals surface area contributed by atoms with E-state index >= 15 is 0 Å². The van der Waals surface area contributed by atoms with Crippen molar-refractivity contribution in [2.75, 3.05) is 11.9 Å². The summed E-state index contributed by atoms with van der Waals surface area (Å²) in [6.45, 7) is 2.98. The first-order chi connectivity index (χ1) is 8.99. The number of nitrogens with zero attached hydrogens (tertiary/aromatic N) is 3. The second-order valence-corrected chi connectivity index (χ2v) is 4.01. The van der Waals surface area contributed by atoms with Crippen LogP contribution in [0.1, 0.15) is 18.1 Å². The molecule has 2 heterocycles. The van der Waals surface area contributed by atoms with Crippen LogP contribution in [0.3, 0.4) is 0 Å². The largest absolute Gasteiger partial charge is 0.419 e. The van der Waals surface area contributed by atoms with Gasteiger partial charge >= 0.3 is 6.18 Å². The average molecular weight is 270 g/mol. The lowest BCUT2D eigenvalue weighted by molar-refractivity contribution is -0.137. The number of hydrogen-bond acceptors (Lipinski definition) is 3. The molecule has 2 aromatic heterocycles. The molecular formula is C12H13F3N4. The number of rotatable bonds is 4. The summed E-state index contributed by atoms with van der Waals surface area (Å²) in [6.07, 6.45) is -0.934. The number of anilines is 1. The lowest BCUT2D eigenvalue weighted by atomic mass is 10.3. The maximum absolute atomic E-state index is 12.4. The minimum Gasteiger partial charge on any atom is -0.370 e. The highest BCUT2D eigenvalue weighted by Crippen LogP contribution is 2.28. The lowest BCUT2D eigenvalue weighted by Crippen LogP contribution is -2.04. The van der Waals surface area contributed by atoms with E-state index in [2.05, 4.69) is 15.4 Å². The van der Waals surface area contributed by atoms with Crippen LogP contribution in [0.2, 0.25) is 0 Å². The van der Waals surface area contributed by atoms with Crippen LogP contribution in [-0.4, -0.2) is 21.3 Å². The SMILES string of the molecule is CCNc1ccc(Cn2cc(C(F)(F)F)cn2)cn1. The minimum atomic E-state index is -4.36. The van der Waals surface area contributed by atoms with Crippen molar-refractivity contribution in [3.8, 4) is 0 Å². The van der Waals surface area contributed by atoms with Gasteiger partial charge in [-0.15, -0.1) is 0 Å². The van der Waals surface area contributed by atoms with Crippen molar-refractivity contribution in [2.24, 2.45) is 0 Å². The van der Waals surface area contributed by atoms with Crippen LogP contribution in [0, 0.1) is 0 Å². The predicted molar refractivity (Wildman–Crippen MR) is 64.7 cm³/mol. The van der Waals surface area contributed by atoms with Crippen LogP contribution in [0.15, 0.2) is 30.7 Å². The van der Waals surface area contributed by atoms with Crippen molar-refractivity contribution >= 4 is 5.82 Å². The number of hydrogen-bond donors (Lipinski definition) is 1. The average Bonchev–Trinajstić information content (AvgIpc) is 2.80. The number of aromatic nitrogens is 3. The zero-order valence-electron chi connectivity index (χ0n) is 10.3. The summed E-state index contributed by atoms with van der Waals surface area (Å²) in [5.41, 5.74) is 0.0446. The van der Waals surface area contributed by atoms with Gasteiger partial charge in [0.25, 0.3) is 0 Å². The van der Waals surface area contributed by atoms with Gasteiger partial charge in [-0.2, -0.15) is 18.3 Å². The first-order valence-electron chi connectivity index (χ1n) is 5.77. The topological polar surface area (TPSA) is 42.7 Å². The van der Waals surface area contributed by atoms with Crippen LogP contribution in [0.5, 0.6) is 0 Å². The zero-order chi connectivity index (χ0) is 13.9. The van der Waals surface area contributed by atoms with Crippen LogP contribution in [-0.2, 0) is 12.7 Å². The fourth-order valence-electron chi connectivity index (χ4n) is 1.59. The van der Waals surface area contributed by atoms with E-state index in [1.54, 1.807) is 18.3 Å². The van der Waals surface area contributed by atoms with Crippen molar-refractivity contribution in [3.05, 3.63) is 41.9 Å². The third-order valence-corrected chi connectivity index (χ3v) is 2.49. The Morgan fingerprint density at radius 3 is 2.58 bits per heavy atom. The highest BCUT2D eigenvalue weighted by Gasteiger charge is 2.32. The number of pyridine rings is 1. The first kappa shape index (κ1) is 13.4. The van der Waals surface area contributed by atoms with Crippen LogP contribution in [0.4, 0.5) is 19.0 Å². The Bertz CT molecular complexity index is 531. The Morgan fingerprint density at radius 1 is 1.26 bits per heavy atom. The molecule has 4 nitrogen and oxygen atoms in total. The Hall–Kier alpha value is -2.05. The molecule has 0 atom stereocenters. The third kappa shape index (κ3) is 3.46. The Kier molecular flexibility index (Phi) is 3.73. The molecule has 19 heavy (non-hydrogen) atoms. The monoisotopic (exact) mass is 270 g/mol. The molecule has 2 aromatic rings. The minimum absolute atomic E-state index is 0.259. The fraction of sp³-hybridized carbons (Fsp3) is 0.333. The summed E-state index contributed by atoms with van der Waals surface area (Å²) in [5.74, 6) is 0.739. The van der Waals surface area contributed by atoms with E-state index in [9.17, 15) is 13.2 Å². The van der Waals surface area contributed by atoms with E-state index in [0.717, 1.165) is 30.3 Å². The van der Waals surface area contributed by atoms with Crippen molar-refractivity contribution in [1.82, 2.24) is 14.8 Å². The molecule has 0 saturated carbocycles. The van der Waals surface area contributed by atoms with Crippen molar-refractivity contribution in [2.45, 2.75) is 19.6 Å². The Labute approximate surface area is 108 Å². The molecule has 0 aliphatic carbocycles. The molecule has 7 heteroatoms. The highest BCUT2D eigenvalue weighted by atomic mass is 19.4. The molecular weight excluding hydrogens is 257 g/mol. The maximum atomic E-state index is 12.4. The normalized spacial score (nSPS) is 11.6. The fourth-order valence-corrected chi connectivity index (χ4v) is 1.59. The molecule has 0 aliphatic rings. The smallest absolute Gasteiger partial charge is 0.370 e. The second kappa shape index (κ2) is 5.29. The molecule has 0 bridgehead atoms. The van der Waals surface area contributed by atoms with E-state index in [-0.39, 0.29) is 6.54 Å². The molecule has 0 aromatic carbocycles. The van der Waals surface area contributed by atoms with Crippen molar-refractivity contribution in [1.29, 1.82) is 0 Å². The summed E-state index contributed by atoms with van der Waals surface area (Å²) < 4.78 is 38.5. The van der Waals surface area contributed by atoms with Crippen LogP contribution >= 0.6 is 0 Å². The van der Waals surface area contributed by atoms with Crippen LogP contribution in [0.25, 0.3) is 0 Å². The Morgan fingerprint density at radius 2 is 2.05 bits per heavy atom.